The van der Waals surface area contributed by atoms with E-state index in [0.29, 0.717) is 0 Å². The lowest BCUT2D eigenvalue weighted by atomic mass is 10.4. The Hall–Kier alpha value is -1.42. The molecule has 0 aromatic heterocycles. The molecule has 3 heteroatoms. The maximum absolute atomic E-state index is 6.26. The Kier molecular flexibility index (Phi) is 4.01. The fourth-order valence-corrected chi connectivity index (χ4v) is 7.28. The number of benzene rings is 2. The van der Waals surface area contributed by atoms with E-state index in [1.807, 2.05) is 7.11 Å². The molecule has 1 fully saturated rings. The second-order valence-corrected chi connectivity index (χ2v) is 8.76. The monoisotopic (exact) mass is 283 g/mol. The number of nitrogens with zero attached hydrogens (tertiary/aromatic N) is 1. The first-order valence-corrected chi connectivity index (χ1v) is 9.15. The van der Waals surface area contributed by atoms with Crippen molar-refractivity contribution in [1.82, 2.24) is 4.57 Å². The van der Waals surface area contributed by atoms with Crippen LogP contribution in [0.5, 0.6) is 0 Å². The lowest BCUT2D eigenvalue weighted by molar-refractivity contribution is 0.337. The van der Waals surface area contributed by atoms with Gasteiger partial charge in [0.25, 0.3) is 0 Å². The Bertz CT molecular complexity index is 498. The average molecular weight is 283 g/mol. The Balaban J connectivity index is 2.15. The van der Waals surface area contributed by atoms with Gasteiger partial charge < -0.3 is 4.43 Å². The molecule has 0 saturated carbocycles. The van der Waals surface area contributed by atoms with E-state index in [1.165, 1.54) is 23.2 Å². The highest BCUT2D eigenvalue weighted by Gasteiger charge is 2.46. The molecule has 0 aliphatic carbocycles. The topological polar surface area (TPSA) is 12.5 Å². The molecule has 0 atom stereocenters. The van der Waals surface area contributed by atoms with Gasteiger partial charge in [0, 0.05) is 7.11 Å². The molecule has 1 heterocycles. The van der Waals surface area contributed by atoms with Crippen LogP contribution >= 0.6 is 0 Å². The van der Waals surface area contributed by atoms with Gasteiger partial charge in [0.15, 0.2) is 0 Å². The third kappa shape index (κ3) is 2.22. The van der Waals surface area contributed by atoms with Gasteiger partial charge >= 0.3 is 8.48 Å². The van der Waals surface area contributed by atoms with Crippen LogP contribution in [0, 0.1) is 0 Å². The summed E-state index contributed by atoms with van der Waals surface area (Å²) < 4.78 is 8.85. The van der Waals surface area contributed by atoms with Crippen molar-refractivity contribution in [2.45, 2.75) is 12.8 Å². The lowest BCUT2D eigenvalue weighted by Gasteiger charge is -2.38. The zero-order valence-corrected chi connectivity index (χ0v) is 13.0. The molecule has 3 rings (SSSR count). The second-order valence-electron chi connectivity index (χ2n) is 5.27. The SMILES string of the molecule is CO[Si](c1ccccc1)(c1ccccc1)N1CCCC1. The highest BCUT2D eigenvalue weighted by Crippen LogP contribution is 2.19. The molecular formula is C17H21NOSi. The van der Waals surface area contributed by atoms with Gasteiger partial charge in [0.2, 0.25) is 0 Å². The largest absolute Gasteiger partial charge is 0.400 e. The Morgan fingerprint density at radius 2 is 1.25 bits per heavy atom. The molecule has 0 unspecified atom stereocenters. The number of rotatable bonds is 4. The first kappa shape index (κ1) is 13.6. The average Bonchev–Trinajstić information content (AvgIpc) is 3.06. The Morgan fingerprint density at radius 3 is 1.65 bits per heavy atom. The van der Waals surface area contributed by atoms with Crippen LogP contribution in [0.1, 0.15) is 12.8 Å². The Labute approximate surface area is 122 Å². The van der Waals surface area contributed by atoms with Crippen molar-refractivity contribution in [2.75, 3.05) is 20.2 Å². The van der Waals surface area contributed by atoms with Gasteiger partial charge in [-0.05, 0) is 36.3 Å². The highest BCUT2D eigenvalue weighted by molar-refractivity contribution is 6.95. The summed E-state index contributed by atoms with van der Waals surface area (Å²) >= 11 is 0. The van der Waals surface area contributed by atoms with Crippen LogP contribution < -0.4 is 10.4 Å². The molecule has 0 amide bonds. The van der Waals surface area contributed by atoms with Gasteiger partial charge in [-0.15, -0.1) is 0 Å². The van der Waals surface area contributed by atoms with E-state index in [9.17, 15) is 0 Å². The smallest absolute Gasteiger partial charge is 0.338 e. The third-order valence-corrected chi connectivity index (χ3v) is 8.34. The van der Waals surface area contributed by atoms with Gasteiger partial charge in [-0.3, -0.25) is 4.57 Å². The van der Waals surface area contributed by atoms with Crippen molar-refractivity contribution in [3.05, 3.63) is 60.7 Å². The van der Waals surface area contributed by atoms with Gasteiger partial charge in [-0.2, -0.15) is 0 Å². The predicted molar refractivity (Wildman–Crippen MR) is 85.7 cm³/mol. The van der Waals surface area contributed by atoms with Crippen LogP contribution in [0.25, 0.3) is 0 Å². The van der Waals surface area contributed by atoms with E-state index in [2.05, 4.69) is 65.2 Å². The van der Waals surface area contributed by atoms with E-state index in [4.69, 9.17) is 4.43 Å². The molecule has 0 bridgehead atoms. The standard InChI is InChI=1S/C17H21NOSi/c1-19-20(18-14-8-9-15-18,16-10-4-2-5-11-16)17-12-6-3-7-13-17/h2-7,10-13H,8-9,14-15H2,1H3. The molecule has 20 heavy (non-hydrogen) atoms. The first-order valence-electron chi connectivity index (χ1n) is 7.29. The fraction of sp³-hybridized carbons (Fsp3) is 0.294. The summed E-state index contributed by atoms with van der Waals surface area (Å²) in [6, 6.07) is 21.5. The maximum Gasteiger partial charge on any atom is 0.338 e. The van der Waals surface area contributed by atoms with Crippen molar-refractivity contribution < 1.29 is 4.43 Å². The van der Waals surface area contributed by atoms with E-state index >= 15 is 0 Å². The third-order valence-electron chi connectivity index (χ3n) is 4.18. The normalized spacial score (nSPS) is 16.4. The molecule has 1 saturated heterocycles. The summed E-state index contributed by atoms with van der Waals surface area (Å²) in [5, 5.41) is 2.69. The van der Waals surface area contributed by atoms with Crippen LogP contribution in [0.3, 0.4) is 0 Å². The highest BCUT2D eigenvalue weighted by atomic mass is 28.4. The first-order chi connectivity index (χ1) is 9.88. The molecule has 1 aliphatic rings. The number of hydrogen-bond acceptors (Lipinski definition) is 2. The van der Waals surface area contributed by atoms with Crippen LogP contribution in [0.15, 0.2) is 60.7 Å². The van der Waals surface area contributed by atoms with E-state index in [0.717, 1.165) is 13.1 Å². The van der Waals surface area contributed by atoms with E-state index in [1.54, 1.807) is 0 Å². The summed E-state index contributed by atoms with van der Waals surface area (Å²) in [4.78, 5) is 0. The summed E-state index contributed by atoms with van der Waals surface area (Å²) in [6.45, 7) is 2.29. The molecule has 2 aromatic rings. The molecule has 0 N–H and O–H groups in total. The van der Waals surface area contributed by atoms with Gasteiger partial charge in [-0.25, -0.2) is 0 Å². The molecular weight excluding hydrogens is 262 g/mol. The minimum Gasteiger partial charge on any atom is -0.400 e. The summed E-state index contributed by atoms with van der Waals surface area (Å²) in [5.41, 5.74) is 0. The molecule has 0 radical (unpaired) electrons. The zero-order chi connectivity index (χ0) is 13.8. The van der Waals surface area contributed by atoms with Crippen molar-refractivity contribution in [2.24, 2.45) is 0 Å². The van der Waals surface area contributed by atoms with Crippen LogP contribution in [-0.2, 0) is 4.43 Å². The van der Waals surface area contributed by atoms with E-state index in [-0.39, 0.29) is 0 Å². The van der Waals surface area contributed by atoms with Crippen molar-refractivity contribution in [3.63, 3.8) is 0 Å². The molecule has 104 valence electrons. The fourth-order valence-electron chi connectivity index (χ4n) is 3.26. The van der Waals surface area contributed by atoms with Crippen LogP contribution in [0.2, 0.25) is 0 Å². The maximum atomic E-state index is 6.26. The van der Waals surface area contributed by atoms with Crippen molar-refractivity contribution >= 4 is 18.9 Å². The number of hydrogen-bond donors (Lipinski definition) is 0. The minimum atomic E-state index is -2.26. The van der Waals surface area contributed by atoms with Crippen LogP contribution in [0.4, 0.5) is 0 Å². The molecule has 2 nitrogen and oxygen atoms in total. The van der Waals surface area contributed by atoms with Gasteiger partial charge in [-0.1, -0.05) is 60.7 Å². The molecule has 0 spiro atoms. The summed E-state index contributed by atoms with van der Waals surface area (Å²) in [6.07, 6.45) is 2.55. The summed E-state index contributed by atoms with van der Waals surface area (Å²) in [7, 11) is -0.376. The Morgan fingerprint density at radius 1 is 0.800 bits per heavy atom. The second kappa shape index (κ2) is 5.91. The lowest BCUT2D eigenvalue weighted by Crippen LogP contribution is -2.71. The quantitative estimate of drug-likeness (QED) is 0.796. The summed E-state index contributed by atoms with van der Waals surface area (Å²) in [5.74, 6) is 0. The van der Waals surface area contributed by atoms with Gasteiger partial charge in [0.1, 0.15) is 0 Å². The molecule has 2 aromatic carbocycles. The molecule has 1 aliphatic heterocycles. The zero-order valence-electron chi connectivity index (χ0n) is 12.0. The van der Waals surface area contributed by atoms with Crippen molar-refractivity contribution in [3.8, 4) is 0 Å². The van der Waals surface area contributed by atoms with Gasteiger partial charge in [0.05, 0.1) is 0 Å². The van der Waals surface area contributed by atoms with Crippen molar-refractivity contribution in [1.29, 1.82) is 0 Å². The minimum absolute atomic E-state index is 1.14. The van der Waals surface area contributed by atoms with E-state index < -0.39 is 8.48 Å². The van der Waals surface area contributed by atoms with Crippen LogP contribution in [-0.4, -0.2) is 33.2 Å². The predicted octanol–water partition coefficient (Wildman–Crippen LogP) is 1.99.